The maximum atomic E-state index is 10.7. The van der Waals surface area contributed by atoms with Crippen molar-refractivity contribution in [3.8, 4) is 5.75 Å². The summed E-state index contributed by atoms with van der Waals surface area (Å²) in [5.41, 5.74) is 2.86. The number of benzene rings is 1. The largest absolute Gasteiger partial charge is 0.487 e. The highest BCUT2D eigenvalue weighted by atomic mass is 32.2. The number of rotatable bonds is 7. The van der Waals surface area contributed by atoms with Gasteiger partial charge in [0.25, 0.3) is 0 Å². The average molecular weight is 509 g/mol. The van der Waals surface area contributed by atoms with Crippen molar-refractivity contribution in [1.82, 2.24) is 10.4 Å². The third-order valence-electron chi connectivity index (χ3n) is 6.31. The summed E-state index contributed by atoms with van der Waals surface area (Å²) in [7, 11) is 0. The Morgan fingerprint density at radius 2 is 1.71 bits per heavy atom. The van der Waals surface area contributed by atoms with Crippen molar-refractivity contribution in [2.75, 3.05) is 19.3 Å². The van der Waals surface area contributed by atoms with E-state index >= 15 is 0 Å². The monoisotopic (exact) mass is 508 g/mol. The van der Waals surface area contributed by atoms with Crippen molar-refractivity contribution in [3.05, 3.63) is 34.9 Å². The fourth-order valence-corrected chi connectivity index (χ4v) is 5.21. The molecule has 1 aromatic rings. The Morgan fingerprint density at radius 1 is 1.11 bits per heavy atom. The van der Waals surface area contributed by atoms with Gasteiger partial charge in [0, 0.05) is 18.0 Å². The molecule has 0 spiro atoms. The molecule has 2 unspecified atom stereocenters. The highest BCUT2D eigenvalue weighted by Crippen LogP contribution is 2.38. The highest BCUT2D eigenvalue weighted by Gasteiger charge is 2.44. The van der Waals surface area contributed by atoms with Gasteiger partial charge < -0.3 is 20.4 Å². The molecule has 0 saturated carbocycles. The van der Waals surface area contributed by atoms with Gasteiger partial charge in [-0.15, -0.1) is 11.8 Å². The molecule has 0 amide bonds. The van der Waals surface area contributed by atoms with Crippen LogP contribution in [0.1, 0.15) is 92.7 Å². The molecule has 2 aliphatic rings. The number of nitrogens with one attached hydrogen (secondary N) is 1. The average Bonchev–Trinajstić information content (AvgIpc) is 2.97. The van der Waals surface area contributed by atoms with Crippen LogP contribution in [0.3, 0.4) is 0 Å². The molecule has 35 heavy (non-hydrogen) atoms. The van der Waals surface area contributed by atoms with Crippen molar-refractivity contribution in [2.45, 2.75) is 123 Å². The topological polar surface area (TPSA) is 65.0 Å². The van der Waals surface area contributed by atoms with E-state index in [2.05, 4.69) is 64.4 Å². The first-order chi connectivity index (χ1) is 16.4. The molecule has 2 aliphatic heterocycles. The Balaban J connectivity index is 0.000000926. The van der Waals surface area contributed by atoms with Crippen LogP contribution in [0.5, 0.6) is 5.75 Å². The minimum Gasteiger partial charge on any atom is -0.487 e. The third-order valence-corrected chi connectivity index (χ3v) is 7.13. The van der Waals surface area contributed by atoms with Crippen LogP contribution in [0.4, 0.5) is 0 Å². The zero-order chi connectivity index (χ0) is 26.8. The fraction of sp³-hybridized carbons (Fsp3) is 0.724. The summed E-state index contributed by atoms with van der Waals surface area (Å²) in [6.45, 7) is 19.8. The Hall–Kier alpha value is -1.05. The van der Waals surface area contributed by atoms with Gasteiger partial charge in [0.1, 0.15) is 18.0 Å². The first-order valence-electron chi connectivity index (χ1n) is 13.4. The van der Waals surface area contributed by atoms with E-state index in [4.69, 9.17) is 4.74 Å². The molecule has 2 atom stereocenters. The fourth-order valence-electron chi connectivity index (χ4n) is 4.48. The summed E-state index contributed by atoms with van der Waals surface area (Å²) in [4.78, 5) is 1.32. The van der Waals surface area contributed by atoms with Gasteiger partial charge in [0.2, 0.25) is 0 Å². The number of nitrogens with zero attached hydrogens (tertiary/aromatic N) is 1. The third kappa shape index (κ3) is 8.50. The van der Waals surface area contributed by atoms with E-state index in [1.54, 1.807) is 11.8 Å². The number of hydrogen-bond acceptors (Lipinski definition) is 6. The number of aliphatic hydroxyl groups is 1. The summed E-state index contributed by atoms with van der Waals surface area (Å²) in [6, 6.07) is 4.40. The van der Waals surface area contributed by atoms with Crippen molar-refractivity contribution in [1.29, 1.82) is 0 Å². The van der Waals surface area contributed by atoms with Gasteiger partial charge in [-0.2, -0.15) is 5.06 Å². The standard InChI is InChI=1S/C23H36N2O3S.2C3H8/c1-7-15-10-20-16(11-21(15)29-6)8-9-19(28-20)18(26)14-24-13-17-12-22(2,3)25(27)23(17,4)5;2*1-3-2/h10-12,18-19,24,26-27H,7-9,13-14H2,1-6H3;2*3H2,1-2H3. The SMILES string of the molecule is CCC.CCC.CCc1cc2c(cc1SC)CCC(C(O)CNCC1=CC(C)(C)N(O)C1(C)C)O2. The lowest BCUT2D eigenvalue weighted by molar-refractivity contribution is -0.185. The molecular formula is C29H52N2O3S. The number of fused-ring (bicyclic) bond motifs is 1. The number of aliphatic hydroxyl groups excluding tert-OH is 1. The van der Waals surface area contributed by atoms with Gasteiger partial charge in [0.15, 0.2) is 0 Å². The zero-order valence-corrected chi connectivity index (χ0v) is 24.8. The normalized spacial score (nSPS) is 20.9. The van der Waals surface area contributed by atoms with E-state index in [-0.39, 0.29) is 11.6 Å². The van der Waals surface area contributed by atoms with Gasteiger partial charge >= 0.3 is 0 Å². The predicted molar refractivity (Wildman–Crippen MR) is 151 cm³/mol. The zero-order valence-electron chi connectivity index (χ0n) is 24.0. The summed E-state index contributed by atoms with van der Waals surface area (Å²) in [6.07, 6.45) is 8.68. The first kappa shape index (κ1) is 32.0. The first-order valence-corrected chi connectivity index (χ1v) is 14.6. The lowest BCUT2D eigenvalue weighted by Crippen LogP contribution is -2.49. The number of ether oxygens (including phenoxy) is 1. The second-order valence-electron chi connectivity index (χ2n) is 10.6. The van der Waals surface area contributed by atoms with Gasteiger partial charge in [-0.3, -0.25) is 0 Å². The molecule has 0 radical (unpaired) electrons. The lowest BCUT2D eigenvalue weighted by Gasteiger charge is -2.36. The number of hydroxylamine groups is 2. The Bertz CT molecular complexity index is 805. The van der Waals surface area contributed by atoms with Gasteiger partial charge in [0.05, 0.1) is 11.1 Å². The van der Waals surface area contributed by atoms with E-state index < -0.39 is 11.6 Å². The van der Waals surface area contributed by atoms with Crippen LogP contribution in [0, 0.1) is 0 Å². The van der Waals surface area contributed by atoms with Gasteiger partial charge in [-0.1, -0.05) is 53.5 Å². The summed E-state index contributed by atoms with van der Waals surface area (Å²) < 4.78 is 6.19. The molecule has 0 bridgehead atoms. The van der Waals surface area contributed by atoms with Crippen LogP contribution in [-0.4, -0.2) is 58.0 Å². The predicted octanol–water partition coefficient (Wildman–Crippen LogP) is 6.64. The van der Waals surface area contributed by atoms with Crippen LogP contribution in [0.25, 0.3) is 0 Å². The molecule has 2 heterocycles. The van der Waals surface area contributed by atoms with Crippen LogP contribution in [0.15, 0.2) is 28.7 Å². The van der Waals surface area contributed by atoms with E-state index in [9.17, 15) is 10.3 Å². The molecule has 3 N–H and O–H groups in total. The van der Waals surface area contributed by atoms with Gasteiger partial charge in [-0.05, 0) is 82.0 Å². The number of aryl methyl sites for hydroxylation is 2. The van der Waals surface area contributed by atoms with Crippen molar-refractivity contribution in [2.24, 2.45) is 0 Å². The molecule has 3 rings (SSSR count). The molecule has 0 aliphatic carbocycles. The molecule has 0 aromatic heterocycles. The van der Waals surface area contributed by atoms with E-state index in [1.165, 1.54) is 33.9 Å². The molecule has 0 saturated heterocycles. The quantitative estimate of drug-likeness (QED) is 0.284. The van der Waals surface area contributed by atoms with Crippen LogP contribution >= 0.6 is 11.8 Å². The number of hydrogen-bond donors (Lipinski definition) is 3. The van der Waals surface area contributed by atoms with Crippen LogP contribution in [0.2, 0.25) is 0 Å². The summed E-state index contributed by atoms with van der Waals surface area (Å²) in [5.74, 6) is 0.923. The highest BCUT2D eigenvalue weighted by molar-refractivity contribution is 7.98. The van der Waals surface area contributed by atoms with Crippen LogP contribution in [-0.2, 0) is 12.8 Å². The van der Waals surface area contributed by atoms with Crippen molar-refractivity contribution >= 4 is 11.8 Å². The molecule has 0 fully saturated rings. The Kier molecular flexibility index (Phi) is 13.4. The molecule has 5 nitrogen and oxygen atoms in total. The molecule has 202 valence electrons. The smallest absolute Gasteiger partial charge is 0.126 e. The van der Waals surface area contributed by atoms with Crippen molar-refractivity contribution < 1.29 is 15.1 Å². The minimum atomic E-state index is -0.572. The Morgan fingerprint density at radius 3 is 2.20 bits per heavy atom. The maximum Gasteiger partial charge on any atom is 0.126 e. The molecule has 1 aromatic carbocycles. The minimum absolute atomic E-state index is 0.198. The Labute approximate surface area is 219 Å². The van der Waals surface area contributed by atoms with Crippen LogP contribution < -0.4 is 10.1 Å². The second kappa shape index (κ2) is 14.6. The van der Waals surface area contributed by atoms with Gasteiger partial charge in [-0.25, -0.2) is 0 Å². The second-order valence-corrected chi connectivity index (χ2v) is 11.5. The summed E-state index contributed by atoms with van der Waals surface area (Å²) >= 11 is 1.78. The maximum absolute atomic E-state index is 10.7. The molecule has 6 heteroatoms. The summed E-state index contributed by atoms with van der Waals surface area (Å²) in [5, 5.41) is 25.9. The van der Waals surface area contributed by atoms with E-state index in [0.717, 1.165) is 30.6 Å². The van der Waals surface area contributed by atoms with E-state index in [0.29, 0.717) is 13.1 Å². The van der Waals surface area contributed by atoms with E-state index in [1.807, 2.05) is 27.7 Å². The number of thioether (sulfide) groups is 1. The van der Waals surface area contributed by atoms with Crippen molar-refractivity contribution in [3.63, 3.8) is 0 Å². The lowest BCUT2D eigenvalue weighted by atomic mass is 9.96. The molecular weight excluding hydrogens is 456 g/mol.